The molecule has 28 heavy (non-hydrogen) atoms. The van der Waals surface area contributed by atoms with E-state index < -0.39 is 0 Å². The molecule has 1 unspecified atom stereocenters. The zero-order valence-corrected chi connectivity index (χ0v) is 15.8. The lowest BCUT2D eigenvalue weighted by Gasteiger charge is -2.26. The number of amides is 1. The van der Waals surface area contributed by atoms with Crippen molar-refractivity contribution in [3.8, 4) is 17.4 Å². The maximum atomic E-state index is 12.9. The summed E-state index contributed by atoms with van der Waals surface area (Å²) >= 11 is 0. The quantitative estimate of drug-likeness (QED) is 0.733. The number of benzene rings is 1. The summed E-state index contributed by atoms with van der Waals surface area (Å²) in [6.45, 7) is 4.81. The van der Waals surface area contributed by atoms with Crippen molar-refractivity contribution in [1.29, 1.82) is 0 Å². The Morgan fingerprint density at radius 1 is 1.29 bits per heavy atom. The highest BCUT2D eigenvalue weighted by atomic mass is 16.5. The number of para-hydroxylation sites is 1. The van der Waals surface area contributed by atoms with E-state index in [1.807, 2.05) is 38.1 Å². The van der Waals surface area contributed by atoms with Crippen molar-refractivity contribution in [2.45, 2.75) is 26.3 Å². The van der Waals surface area contributed by atoms with Crippen molar-refractivity contribution in [3.63, 3.8) is 0 Å². The van der Waals surface area contributed by atoms with Gasteiger partial charge in [-0.2, -0.15) is 5.10 Å². The summed E-state index contributed by atoms with van der Waals surface area (Å²) in [6.07, 6.45) is 2.27. The predicted molar refractivity (Wildman–Crippen MR) is 102 cm³/mol. The van der Waals surface area contributed by atoms with Gasteiger partial charge in [-0.1, -0.05) is 18.2 Å². The topological polar surface area (TPSA) is 91.2 Å². The van der Waals surface area contributed by atoms with E-state index in [0.717, 1.165) is 17.7 Å². The molecule has 8 heteroatoms. The number of aromatic nitrogens is 4. The minimum atomic E-state index is -0.177. The van der Waals surface area contributed by atoms with Crippen molar-refractivity contribution >= 4 is 5.91 Å². The number of rotatable bonds is 5. The van der Waals surface area contributed by atoms with Crippen molar-refractivity contribution in [2.24, 2.45) is 0 Å². The van der Waals surface area contributed by atoms with Crippen LogP contribution in [-0.2, 0) is 0 Å². The van der Waals surface area contributed by atoms with Crippen LogP contribution in [0.5, 0.6) is 11.6 Å². The second-order valence-corrected chi connectivity index (χ2v) is 6.42. The van der Waals surface area contributed by atoms with Crippen LogP contribution in [-0.4, -0.2) is 39.1 Å². The zero-order chi connectivity index (χ0) is 19.5. The molecule has 8 nitrogen and oxygen atoms in total. The molecule has 2 aromatic heterocycles. The number of hydrogen-bond acceptors (Lipinski definition) is 6. The average Bonchev–Trinajstić information content (AvgIpc) is 3.11. The highest BCUT2D eigenvalue weighted by Crippen LogP contribution is 2.31. The standard InChI is InChI=1S/C20H21N5O3/c1-3-27-19-9-8-18(23-24-19)25-13(2)15(12-21-25)20(26)22-16-10-11-28-17-7-5-4-6-14(16)17/h4-9,12,16H,3,10-11H2,1-2H3,(H,22,26). The summed E-state index contributed by atoms with van der Waals surface area (Å²) in [5.74, 6) is 1.61. The minimum absolute atomic E-state index is 0.0922. The highest BCUT2D eigenvalue weighted by molar-refractivity contribution is 5.95. The van der Waals surface area contributed by atoms with Gasteiger partial charge in [-0.3, -0.25) is 4.79 Å². The first kappa shape index (κ1) is 18.0. The Morgan fingerprint density at radius 2 is 2.14 bits per heavy atom. The SMILES string of the molecule is CCOc1ccc(-n2ncc(C(=O)NC3CCOc4ccccc43)c2C)nn1. The molecule has 1 aliphatic heterocycles. The summed E-state index contributed by atoms with van der Waals surface area (Å²) in [6, 6.07) is 11.2. The normalized spacial score (nSPS) is 15.4. The monoisotopic (exact) mass is 379 g/mol. The first-order valence-corrected chi connectivity index (χ1v) is 9.21. The smallest absolute Gasteiger partial charge is 0.255 e. The maximum absolute atomic E-state index is 12.9. The molecule has 4 rings (SSSR count). The maximum Gasteiger partial charge on any atom is 0.255 e. The molecule has 0 saturated carbocycles. The number of nitrogens with one attached hydrogen (secondary N) is 1. The van der Waals surface area contributed by atoms with E-state index in [4.69, 9.17) is 9.47 Å². The predicted octanol–water partition coefficient (Wildman–Crippen LogP) is 2.62. The molecule has 0 saturated heterocycles. The van der Waals surface area contributed by atoms with Crippen molar-refractivity contribution in [3.05, 3.63) is 59.4 Å². The average molecular weight is 379 g/mol. The van der Waals surface area contributed by atoms with Crippen molar-refractivity contribution < 1.29 is 14.3 Å². The molecule has 1 N–H and O–H groups in total. The van der Waals surface area contributed by atoms with Gasteiger partial charge in [-0.05, 0) is 26.0 Å². The van der Waals surface area contributed by atoms with E-state index in [1.54, 1.807) is 23.0 Å². The molecule has 0 radical (unpaired) electrons. The Labute approximate surface area is 162 Å². The first-order valence-electron chi connectivity index (χ1n) is 9.21. The fraction of sp³-hybridized carbons (Fsp3) is 0.300. The van der Waals surface area contributed by atoms with Gasteiger partial charge in [0.25, 0.3) is 5.91 Å². The lowest BCUT2D eigenvalue weighted by atomic mass is 10.0. The first-order chi connectivity index (χ1) is 13.7. The van der Waals surface area contributed by atoms with Gasteiger partial charge >= 0.3 is 0 Å². The Hall–Kier alpha value is -3.42. The van der Waals surface area contributed by atoms with Crippen molar-refractivity contribution in [2.75, 3.05) is 13.2 Å². The van der Waals surface area contributed by atoms with Gasteiger partial charge in [0.2, 0.25) is 5.88 Å². The lowest BCUT2D eigenvalue weighted by Crippen LogP contribution is -2.32. The Morgan fingerprint density at radius 3 is 2.93 bits per heavy atom. The van der Waals surface area contributed by atoms with E-state index in [1.165, 1.54) is 0 Å². The van der Waals surface area contributed by atoms with Gasteiger partial charge in [0.05, 0.1) is 36.7 Å². The Kier molecular flexibility index (Phi) is 4.92. The molecule has 1 aromatic carbocycles. The Balaban J connectivity index is 1.53. The second-order valence-electron chi connectivity index (χ2n) is 6.42. The van der Waals surface area contributed by atoms with E-state index in [0.29, 0.717) is 36.2 Å². The van der Waals surface area contributed by atoms with Gasteiger partial charge in [-0.25, -0.2) is 4.68 Å². The van der Waals surface area contributed by atoms with Gasteiger partial charge in [0.1, 0.15) is 5.75 Å². The molecule has 3 aromatic rings. The highest BCUT2D eigenvalue weighted by Gasteiger charge is 2.25. The van der Waals surface area contributed by atoms with Gasteiger partial charge in [-0.15, -0.1) is 10.2 Å². The molecule has 0 fully saturated rings. The molecular weight excluding hydrogens is 358 g/mol. The molecule has 144 valence electrons. The third kappa shape index (κ3) is 3.40. The molecule has 3 heterocycles. The zero-order valence-electron chi connectivity index (χ0n) is 15.8. The lowest BCUT2D eigenvalue weighted by molar-refractivity contribution is 0.0924. The van der Waals surface area contributed by atoms with Crippen LogP contribution < -0.4 is 14.8 Å². The summed E-state index contributed by atoms with van der Waals surface area (Å²) in [5, 5.41) is 15.5. The molecular formula is C20H21N5O3. The second kappa shape index (κ2) is 7.67. The molecule has 1 atom stereocenters. The van der Waals surface area contributed by atoms with Crippen LogP contribution in [0.2, 0.25) is 0 Å². The number of hydrogen-bond donors (Lipinski definition) is 1. The molecule has 0 spiro atoms. The summed E-state index contributed by atoms with van der Waals surface area (Å²) in [7, 11) is 0. The summed E-state index contributed by atoms with van der Waals surface area (Å²) in [5.41, 5.74) is 2.18. The number of nitrogens with zero attached hydrogens (tertiary/aromatic N) is 4. The fourth-order valence-corrected chi connectivity index (χ4v) is 3.24. The number of carbonyl (C=O) groups is 1. The van der Waals surface area contributed by atoms with E-state index in [2.05, 4.69) is 20.6 Å². The van der Waals surface area contributed by atoms with E-state index in [9.17, 15) is 4.79 Å². The molecule has 0 aliphatic carbocycles. The van der Waals surface area contributed by atoms with Crippen LogP contribution in [0.1, 0.15) is 41.0 Å². The molecule has 1 aliphatic rings. The van der Waals surface area contributed by atoms with E-state index in [-0.39, 0.29) is 11.9 Å². The number of ether oxygens (including phenoxy) is 2. The van der Waals surface area contributed by atoms with Crippen LogP contribution in [0.15, 0.2) is 42.6 Å². The van der Waals surface area contributed by atoms with Crippen LogP contribution >= 0.6 is 0 Å². The van der Waals surface area contributed by atoms with Gasteiger partial charge in [0.15, 0.2) is 5.82 Å². The minimum Gasteiger partial charge on any atom is -0.493 e. The summed E-state index contributed by atoms with van der Waals surface area (Å²) in [4.78, 5) is 12.9. The molecule has 1 amide bonds. The van der Waals surface area contributed by atoms with Crippen LogP contribution in [0, 0.1) is 6.92 Å². The molecule has 0 bridgehead atoms. The van der Waals surface area contributed by atoms with E-state index >= 15 is 0 Å². The Bertz CT molecular complexity index is 984. The number of fused-ring (bicyclic) bond motifs is 1. The van der Waals surface area contributed by atoms with Crippen LogP contribution in [0.3, 0.4) is 0 Å². The van der Waals surface area contributed by atoms with Crippen LogP contribution in [0.25, 0.3) is 5.82 Å². The van der Waals surface area contributed by atoms with Gasteiger partial charge in [0, 0.05) is 18.1 Å². The van der Waals surface area contributed by atoms with Crippen LogP contribution in [0.4, 0.5) is 0 Å². The summed E-state index contributed by atoms with van der Waals surface area (Å²) < 4.78 is 12.6. The fourth-order valence-electron chi connectivity index (χ4n) is 3.24. The van der Waals surface area contributed by atoms with Gasteiger partial charge < -0.3 is 14.8 Å². The third-order valence-electron chi connectivity index (χ3n) is 4.65. The van der Waals surface area contributed by atoms with Crippen molar-refractivity contribution in [1.82, 2.24) is 25.3 Å². The number of carbonyl (C=O) groups excluding carboxylic acids is 1. The third-order valence-corrected chi connectivity index (χ3v) is 4.65. The largest absolute Gasteiger partial charge is 0.493 e.